The zero-order valence-electron chi connectivity index (χ0n) is 16.7. The summed E-state index contributed by atoms with van der Waals surface area (Å²) in [5.41, 5.74) is 9.61. The summed E-state index contributed by atoms with van der Waals surface area (Å²) in [5, 5.41) is 12.7. The number of primary amides is 1. The van der Waals surface area contributed by atoms with Gasteiger partial charge >= 0.3 is 6.09 Å². The summed E-state index contributed by atoms with van der Waals surface area (Å²) < 4.78 is 20.8. The molecule has 3 rings (SSSR count). The molecule has 0 bridgehead atoms. The van der Waals surface area contributed by atoms with Gasteiger partial charge in [0, 0.05) is 28.9 Å². The van der Waals surface area contributed by atoms with Crippen molar-refractivity contribution in [2.45, 2.75) is 26.4 Å². The number of carbonyl (C=O) groups is 2. The molecule has 11 heteroatoms. The molecule has 0 radical (unpaired) electrons. The molecule has 0 saturated heterocycles. The van der Waals surface area contributed by atoms with Crippen LogP contribution in [0.1, 0.15) is 36.7 Å². The second kappa shape index (κ2) is 8.02. The maximum atomic E-state index is 15.1. The van der Waals surface area contributed by atoms with Gasteiger partial charge in [-0.1, -0.05) is 11.6 Å². The molecule has 2 heterocycles. The molecule has 0 unspecified atom stereocenters. The molecular weight excluding hydrogens is 445 g/mol. The number of amides is 2. The maximum absolute atomic E-state index is 15.1. The Morgan fingerprint density at radius 1 is 1.35 bits per heavy atom. The van der Waals surface area contributed by atoms with Crippen molar-refractivity contribution in [3.63, 3.8) is 0 Å². The molecule has 0 spiro atoms. The molecule has 2 aromatic heterocycles. The number of nitrogen functional groups attached to an aromatic ring is 1. The van der Waals surface area contributed by atoms with E-state index in [9.17, 15) is 14.9 Å². The number of thiophene rings is 1. The third-order valence-electron chi connectivity index (χ3n) is 4.12. The van der Waals surface area contributed by atoms with Crippen LogP contribution in [0.15, 0.2) is 18.5 Å². The quantitative estimate of drug-likeness (QED) is 0.484. The van der Waals surface area contributed by atoms with E-state index in [1.807, 2.05) is 6.07 Å². The maximum Gasteiger partial charge on any atom is 0.412 e. The number of anilines is 2. The average molecular weight is 462 g/mol. The normalized spacial score (nSPS) is 11.2. The fraction of sp³-hybridized carbons (Fsp3) is 0.200. The Labute approximate surface area is 185 Å². The van der Waals surface area contributed by atoms with Crippen molar-refractivity contribution in [3.05, 3.63) is 40.4 Å². The monoisotopic (exact) mass is 461 g/mol. The van der Waals surface area contributed by atoms with Crippen molar-refractivity contribution in [1.82, 2.24) is 4.98 Å². The van der Waals surface area contributed by atoms with Gasteiger partial charge in [-0.2, -0.15) is 5.26 Å². The number of nitrogens with two attached hydrogens (primary N) is 2. The van der Waals surface area contributed by atoms with Crippen molar-refractivity contribution >= 4 is 55.7 Å². The Morgan fingerprint density at radius 2 is 2.03 bits per heavy atom. The summed E-state index contributed by atoms with van der Waals surface area (Å²) in [5.74, 6) is -1.90. The summed E-state index contributed by atoms with van der Waals surface area (Å²) in [7, 11) is 0. The third-order valence-corrected chi connectivity index (χ3v) is 5.46. The predicted octanol–water partition coefficient (Wildman–Crippen LogP) is 4.66. The van der Waals surface area contributed by atoms with Gasteiger partial charge < -0.3 is 16.2 Å². The van der Waals surface area contributed by atoms with Crippen LogP contribution in [0.2, 0.25) is 5.02 Å². The number of carbonyl (C=O) groups excluding carboxylic acids is 2. The van der Waals surface area contributed by atoms with E-state index in [-0.39, 0.29) is 32.3 Å². The molecule has 0 aliphatic rings. The lowest BCUT2D eigenvalue weighted by Crippen LogP contribution is -2.27. The van der Waals surface area contributed by atoms with Gasteiger partial charge in [0.1, 0.15) is 16.7 Å². The second-order valence-electron chi connectivity index (χ2n) is 7.48. The van der Waals surface area contributed by atoms with Crippen LogP contribution in [0.25, 0.3) is 21.2 Å². The summed E-state index contributed by atoms with van der Waals surface area (Å²) in [6.45, 7) is 5.11. The molecule has 5 N–H and O–H groups in total. The number of ether oxygens (including phenoxy) is 1. The fourth-order valence-corrected chi connectivity index (χ4v) is 4.24. The van der Waals surface area contributed by atoms with Crippen molar-refractivity contribution in [1.29, 1.82) is 5.26 Å². The van der Waals surface area contributed by atoms with E-state index in [0.29, 0.717) is 10.1 Å². The fourth-order valence-electron chi connectivity index (χ4n) is 2.92. The highest BCUT2D eigenvalue weighted by molar-refractivity contribution is 7.23. The largest absolute Gasteiger partial charge is 0.444 e. The predicted molar refractivity (Wildman–Crippen MR) is 118 cm³/mol. The molecule has 1 aromatic carbocycles. The highest BCUT2D eigenvalue weighted by Gasteiger charge is 2.25. The SMILES string of the molecule is CC(C)(C)OC(=O)Nc1sc2cncc(-c3c(Cl)cc(C(N)=O)c(N)c3F)c2c1C#N. The van der Waals surface area contributed by atoms with Crippen LogP contribution >= 0.6 is 22.9 Å². The van der Waals surface area contributed by atoms with Gasteiger partial charge in [0.05, 0.1) is 26.5 Å². The Balaban J connectivity index is 2.22. The molecular formula is C20H17ClFN5O3S. The Morgan fingerprint density at radius 3 is 2.61 bits per heavy atom. The van der Waals surface area contributed by atoms with E-state index in [1.165, 1.54) is 12.4 Å². The first kappa shape index (κ1) is 22.3. The van der Waals surface area contributed by atoms with Gasteiger partial charge in [0.2, 0.25) is 0 Å². The number of pyridine rings is 1. The van der Waals surface area contributed by atoms with E-state index in [0.717, 1.165) is 17.4 Å². The minimum Gasteiger partial charge on any atom is -0.444 e. The first-order chi connectivity index (χ1) is 14.4. The molecule has 31 heavy (non-hydrogen) atoms. The van der Waals surface area contributed by atoms with E-state index in [2.05, 4.69) is 10.3 Å². The van der Waals surface area contributed by atoms with E-state index >= 15 is 4.39 Å². The van der Waals surface area contributed by atoms with Crippen LogP contribution in [0.4, 0.5) is 19.9 Å². The lowest BCUT2D eigenvalue weighted by molar-refractivity contribution is 0.0636. The van der Waals surface area contributed by atoms with E-state index in [4.69, 9.17) is 27.8 Å². The molecule has 8 nitrogen and oxygen atoms in total. The van der Waals surface area contributed by atoms with Gasteiger partial charge in [-0.15, -0.1) is 11.3 Å². The van der Waals surface area contributed by atoms with Crippen LogP contribution in [0.3, 0.4) is 0 Å². The average Bonchev–Trinajstić information content (AvgIpc) is 3.00. The van der Waals surface area contributed by atoms with Gasteiger partial charge in [-0.05, 0) is 26.8 Å². The molecule has 160 valence electrons. The number of rotatable bonds is 3. The van der Waals surface area contributed by atoms with Gasteiger partial charge in [-0.3, -0.25) is 15.1 Å². The van der Waals surface area contributed by atoms with Gasteiger partial charge in [-0.25, -0.2) is 9.18 Å². The minimum absolute atomic E-state index is 0.0799. The summed E-state index contributed by atoms with van der Waals surface area (Å²) in [6.07, 6.45) is 2.04. The minimum atomic E-state index is -0.965. The Hall–Kier alpha value is -3.42. The van der Waals surface area contributed by atoms with Crippen LogP contribution in [-0.2, 0) is 4.74 Å². The van der Waals surface area contributed by atoms with E-state index < -0.39 is 29.1 Å². The number of nitriles is 1. The molecule has 0 saturated carbocycles. The zero-order chi connectivity index (χ0) is 23.1. The number of aromatic nitrogens is 1. The van der Waals surface area contributed by atoms with Crippen molar-refractivity contribution in [2.24, 2.45) is 5.73 Å². The highest BCUT2D eigenvalue weighted by atomic mass is 35.5. The van der Waals surface area contributed by atoms with Gasteiger partial charge in [0.15, 0.2) is 5.82 Å². The Kier molecular flexibility index (Phi) is 5.76. The van der Waals surface area contributed by atoms with Crippen molar-refractivity contribution in [3.8, 4) is 17.2 Å². The zero-order valence-corrected chi connectivity index (χ0v) is 18.2. The first-order valence-electron chi connectivity index (χ1n) is 8.82. The summed E-state index contributed by atoms with van der Waals surface area (Å²) >= 11 is 7.31. The number of benzene rings is 1. The van der Waals surface area contributed by atoms with Crippen LogP contribution < -0.4 is 16.8 Å². The smallest absolute Gasteiger partial charge is 0.412 e. The Bertz CT molecular complexity index is 1280. The molecule has 2 amide bonds. The first-order valence-corrected chi connectivity index (χ1v) is 10.0. The third kappa shape index (κ3) is 4.23. The molecule has 0 atom stereocenters. The molecule has 0 fully saturated rings. The summed E-state index contributed by atoms with van der Waals surface area (Å²) in [6, 6.07) is 3.18. The molecule has 0 aliphatic carbocycles. The number of nitrogens with one attached hydrogen (secondary N) is 1. The lowest BCUT2D eigenvalue weighted by Gasteiger charge is -2.19. The number of halogens is 2. The second-order valence-corrected chi connectivity index (χ2v) is 8.94. The van der Waals surface area contributed by atoms with Crippen LogP contribution in [-0.4, -0.2) is 22.6 Å². The van der Waals surface area contributed by atoms with E-state index in [1.54, 1.807) is 20.8 Å². The lowest BCUT2D eigenvalue weighted by atomic mass is 9.98. The van der Waals surface area contributed by atoms with Crippen molar-refractivity contribution < 1.29 is 18.7 Å². The standard InChI is InChI=1S/C20H17ClFN5O3S/c1-20(2,3)30-19(29)27-18-9(5-23)13-10(6-26-7-12(13)31-18)14-11(21)4-8(17(25)28)16(24)15(14)22/h4,6-7H,24H2,1-3H3,(H2,25,28)(H,27,29). The van der Waals surface area contributed by atoms with Gasteiger partial charge in [0.25, 0.3) is 5.91 Å². The van der Waals surface area contributed by atoms with Crippen molar-refractivity contribution in [2.75, 3.05) is 11.1 Å². The van der Waals surface area contributed by atoms with Crippen LogP contribution in [0.5, 0.6) is 0 Å². The van der Waals surface area contributed by atoms with Crippen LogP contribution in [0, 0.1) is 17.1 Å². The molecule has 0 aliphatic heterocycles. The summed E-state index contributed by atoms with van der Waals surface area (Å²) in [4.78, 5) is 27.8. The topological polar surface area (TPSA) is 144 Å². The number of hydrogen-bond donors (Lipinski definition) is 3. The number of hydrogen-bond acceptors (Lipinski definition) is 7. The highest BCUT2D eigenvalue weighted by Crippen LogP contribution is 2.44. The number of fused-ring (bicyclic) bond motifs is 1. The number of nitrogens with zero attached hydrogens (tertiary/aromatic N) is 2. The molecule has 3 aromatic rings.